The molecule has 0 radical (unpaired) electrons. The van der Waals surface area contributed by atoms with E-state index >= 15 is 0 Å². The van der Waals surface area contributed by atoms with Crippen LogP contribution in [0.2, 0.25) is 0 Å². The van der Waals surface area contributed by atoms with Crippen LogP contribution in [-0.2, 0) is 0 Å². The molecule has 11 aromatic rings. The van der Waals surface area contributed by atoms with Crippen LogP contribution in [0.1, 0.15) is 0 Å². The highest BCUT2D eigenvalue weighted by molar-refractivity contribution is 6.30. The summed E-state index contributed by atoms with van der Waals surface area (Å²) in [5.41, 5.74) is 10.8. The van der Waals surface area contributed by atoms with Gasteiger partial charge in [0.2, 0.25) is 0 Å². The van der Waals surface area contributed by atoms with Gasteiger partial charge >= 0.3 is 0 Å². The van der Waals surface area contributed by atoms with E-state index in [4.69, 9.17) is 8.83 Å². The predicted octanol–water partition coefficient (Wildman–Crippen LogP) is 13.1. The number of aromatic nitrogens is 1. The van der Waals surface area contributed by atoms with Gasteiger partial charge in [0, 0.05) is 44.2 Å². The Morgan fingerprint density at radius 1 is 0.367 bits per heavy atom. The normalized spacial score (nSPS) is 12.1. The fourth-order valence-corrected chi connectivity index (χ4v) is 8.27. The Kier molecular flexibility index (Phi) is 5.38. The molecule has 0 spiro atoms. The highest BCUT2D eigenvalue weighted by Crippen LogP contribution is 2.50. The Morgan fingerprint density at radius 2 is 0.980 bits per heavy atom. The summed E-state index contributed by atoms with van der Waals surface area (Å²) in [6.07, 6.45) is 1.79. The quantitative estimate of drug-likeness (QED) is 0.183. The number of nitrogens with zero attached hydrogens (tertiary/aromatic N) is 1. The van der Waals surface area contributed by atoms with Crippen LogP contribution in [-0.4, -0.2) is 4.57 Å². The van der Waals surface area contributed by atoms with Crippen LogP contribution in [0.5, 0.6) is 0 Å². The maximum Gasteiger partial charge on any atom is 0.139 e. The first kappa shape index (κ1) is 26.5. The minimum absolute atomic E-state index is 0.818. The van der Waals surface area contributed by atoms with Gasteiger partial charge in [-0.3, -0.25) is 0 Å². The third-order valence-corrected chi connectivity index (χ3v) is 10.3. The minimum Gasteiger partial charge on any atom is -0.464 e. The molecule has 228 valence electrons. The van der Waals surface area contributed by atoms with E-state index in [1.165, 1.54) is 60.0 Å². The maximum atomic E-state index is 6.46. The van der Waals surface area contributed by atoms with Crippen LogP contribution < -0.4 is 0 Å². The molecule has 0 bridgehead atoms. The van der Waals surface area contributed by atoms with Crippen molar-refractivity contribution in [3.8, 4) is 27.9 Å². The van der Waals surface area contributed by atoms with E-state index in [0.717, 1.165) is 44.2 Å². The molecule has 0 saturated heterocycles. The SMILES string of the molecule is c1ccc(-n2c3ccccc3c3ccc(-c4c5ccccc5c(-c5c6ccoc6cc6oc7ccccc7c56)c5ccccc45)cc32)cc1. The van der Waals surface area contributed by atoms with Crippen molar-refractivity contribution in [2.75, 3.05) is 0 Å². The standard InChI is InChI=1S/C46H27NO2/c1-2-12-29(13-3-1)47-38-20-10-8-14-30(38)31-23-22-28(26-39(31)47)43-32-15-4-6-17-34(32)44(35-18-7-5-16-33(35)43)46-37-24-25-48-41(37)27-42-45(46)36-19-9-11-21-40(36)49-42/h1-27H. The zero-order chi connectivity index (χ0) is 32.1. The van der Waals surface area contributed by atoms with Gasteiger partial charge in [0.15, 0.2) is 0 Å². The fraction of sp³-hybridized carbons (Fsp3) is 0. The van der Waals surface area contributed by atoms with E-state index in [0.29, 0.717) is 0 Å². The van der Waals surface area contributed by atoms with E-state index < -0.39 is 0 Å². The van der Waals surface area contributed by atoms with Gasteiger partial charge in [0.1, 0.15) is 16.7 Å². The predicted molar refractivity (Wildman–Crippen MR) is 204 cm³/mol. The molecule has 3 heterocycles. The Balaban J connectivity index is 1.29. The number of hydrogen-bond acceptors (Lipinski definition) is 2. The smallest absolute Gasteiger partial charge is 0.139 e. The highest BCUT2D eigenvalue weighted by Gasteiger charge is 2.24. The number of para-hydroxylation sites is 3. The van der Waals surface area contributed by atoms with Gasteiger partial charge in [-0.1, -0.05) is 115 Å². The average Bonchev–Trinajstić information content (AvgIpc) is 3.87. The van der Waals surface area contributed by atoms with Crippen LogP contribution in [0.15, 0.2) is 173 Å². The first-order chi connectivity index (χ1) is 24.3. The summed E-state index contributed by atoms with van der Waals surface area (Å²) >= 11 is 0. The van der Waals surface area contributed by atoms with Crippen molar-refractivity contribution in [1.82, 2.24) is 4.57 Å². The summed E-state index contributed by atoms with van der Waals surface area (Å²) in [6.45, 7) is 0. The lowest BCUT2D eigenvalue weighted by Gasteiger charge is -2.19. The summed E-state index contributed by atoms with van der Waals surface area (Å²) in [5, 5.41) is 10.6. The second-order valence-electron chi connectivity index (χ2n) is 12.8. The number of furan rings is 2. The molecule has 0 N–H and O–H groups in total. The zero-order valence-corrected chi connectivity index (χ0v) is 26.4. The first-order valence-corrected chi connectivity index (χ1v) is 16.7. The number of fused-ring (bicyclic) bond motifs is 9. The minimum atomic E-state index is 0.818. The Labute approximate surface area is 280 Å². The first-order valence-electron chi connectivity index (χ1n) is 16.7. The maximum absolute atomic E-state index is 6.46. The molecule has 0 aliphatic rings. The van der Waals surface area contributed by atoms with Crippen LogP contribution in [0.4, 0.5) is 0 Å². The van der Waals surface area contributed by atoms with Gasteiger partial charge in [-0.25, -0.2) is 0 Å². The summed E-state index contributed by atoms with van der Waals surface area (Å²) in [6, 6.07) is 56.6. The molecular formula is C46H27NO2. The summed E-state index contributed by atoms with van der Waals surface area (Å²) in [7, 11) is 0. The number of benzene rings is 8. The molecule has 11 rings (SSSR count). The molecule has 0 atom stereocenters. The van der Waals surface area contributed by atoms with Crippen molar-refractivity contribution in [1.29, 1.82) is 0 Å². The Hall–Kier alpha value is -6.58. The molecule has 3 nitrogen and oxygen atoms in total. The summed E-state index contributed by atoms with van der Waals surface area (Å²) in [4.78, 5) is 0. The second kappa shape index (κ2) is 9.96. The number of hydrogen-bond donors (Lipinski definition) is 0. The molecule has 0 aliphatic carbocycles. The van der Waals surface area contributed by atoms with Gasteiger partial charge in [0.05, 0.1) is 17.3 Å². The highest BCUT2D eigenvalue weighted by atomic mass is 16.3. The molecule has 8 aromatic carbocycles. The Morgan fingerprint density at radius 3 is 1.73 bits per heavy atom. The molecule has 3 aromatic heterocycles. The topological polar surface area (TPSA) is 31.2 Å². The van der Waals surface area contributed by atoms with Crippen LogP contribution >= 0.6 is 0 Å². The van der Waals surface area contributed by atoms with Crippen molar-refractivity contribution in [3.63, 3.8) is 0 Å². The number of rotatable bonds is 3. The van der Waals surface area contributed by atoms with E-state index in [-0.39, 0.29) is 0 Å². The Bertz CT molecular complexity index is 3050. The van der Waals surface area contributed by atoms with Crippen LogP contribution in [0.3, 0.4) is 0 Å². The zero-order valence-electron chi connectivity index (χ0n) is 26.4. The molecule has 0 aliphatic heterocycles. The van der Waals surface area contributed by atoms with Gasteiger partial charge in [-0.15, -0.1) is 0 Å². The van der Waals surface area contributed by atoms with E-state index in [2.05, 4.69) is 144 Å². The van der Waals surface area contributed by atoms with Gasteiger partial charge < -0.3 is 13.4 Å². The van der Waals surface area contributed by atoms with E-state index in [1.54, 1.807) is 6.26 Å². The van der Waals surface area contributed by atoms with Crippen LogP contribution in [0.25, 0.3) is 104 Å². The molecule has 3 heteroatoms. The third-order valence-electron chi connectivity index (χ3n) is 10.3. The molecule has 0 unspecified atom stereocenters. The third kappa shape index (κ3) is 3.67. The molecule has 0 amide bonds. The molecular weight excluding hydrogens is 599 g/mol. The van der Waals surface area contributed by atoms with Crippen molar-refractivity contribution < 1.29 is 8.83 Å². The second-order valence-corrected chi connectivity index (χ2v) is 12.8. The van der Waals surface area contributed by atoms with Crippen molar-refractivity contribution in [3.05, 3.63) is 164 Å². The van der Waals surface area contributed by atoms with Crippen molar-refractivity contribution in [2.24, 2.45) is 0 Å². The largest absolute Gasteiger partial charge is 0.464 e. The van der Waals surface area contributed by atoms with Gasteiger partial charge in [0.25, 0.3) is 0 Å². The van der Waals surface area contributed by atoms with Gasteiger partial charge in [-0.2, -0.15) is 0 Å². The molecule has 0 saturated carbocycles. The molecule has 49 heavy (non-hydrogen) atoms. The lowest BCUT2D eigenvalue weighted by atomic mass is 9.84. The average molecular weight is 626 g/mol. The summed E-state index contributed by atoms with van der Waals surface area (Å²) in [5.74, 6) is 0. The van der Waals surface area contributed by atoms with Crippen LogP contribution in [0, 0.1) is 0 Å². The molecule has 0 fully saturated rings. The van der Waals surface area contributed by atoms with E-state index in [1.807, 2.05) is 18.2 Å². The van der Waals surface area contributed by atoms with Gasteiger partial charge in [-0.05, 0) is 74.6 Å². The fourth-order valence-electron chi connectivity index (χ4n) is 8.27. The monoisotopic (exact) mass is 625 g/mol. The van der Waals surface area contributed by atoms with Crippen molar-refractivity contribution in [2.45, 2.75) is 0 Å². The van der Waals surface area contributed by atoms with Crippen molar-refractivity contribution >= 4 is 76.3 Å². The lowest BCUT2D eigenvalue weighted by Crippen LogP contribution is -1.94. The van der Waals surface area contributed by atoms with E-state index in [9.17, 15) is 0 Å². The lowest BCUT2D eigenvalue weighted by molar-refractivity contribution is 0.613. The summed E-state index contributed by atoms with van der Waals surface area (Å²) < 4.78 is 14.9.